The minimum absolute atomic E-state index is 0.0632. The maximum Gasteiger partial charge on any atom is 0.343 e. The summed E-state index contributed by atoms with van der Waals surface area (Å²) < 4.78 is 30.6. The Balaban J connectivity index is 1.43. The van der Waals surface area contributed by atoms with Crippen LogP contribution in [0.4, 0.5) is 4.39 Å². The molecule has 0 bridgehead atoms. The molecule has 0 unspecified atom stereocenters. The largest absolute Gasteiger partial charge is 0.458 e. The summed E-state index contributed by atoms with van der Waals surface area (Å²) in [5.41, 5.74) is 2.89. The van der Waals surface area contributed by atoms with Crippen LogP contribution in [-0.4, -0.2) is 17.9 Å². The summed E-state index contributed by atoms with van der Waals surface area (Å²) in [4.78, 5) is 35.4. The van der Waals surface area contributed by atoms with Crippen molar-refractivity contribution in [2.24, 2.45) is 0 Å². The number of hydrogen-bond donors (Lipinski definition) is 0. The first kappa shape index (κ1) is 27.0. The van der Waals surface area contributed by atoms with E-state index in [4.69, 9.17) is 14.2 Å². The molecule has 0 aliphatic carbocycles. The van der Waals surface area contributed by atoms with Gasteiger partial charge in [0.05, 0.1) is 5.56 Å². The highest BCUT2D eigenvalue weighted by atomic mass is 19.1. The van der Waals surface area contributed by atoms with Gasteiger partial charge in [-0.1, -0.05) is 55.6 Å². The third-order valence-electron chi connectivity index (χ3n) is 5.82. The predicted octanol–water partition coefficient (Wildman–Crippen LogP) is 6.71. The lowest BCUT2D eigenvalue weighted by Crippen LogP contribution is -2.09. The van der Waals surface area contributed by atoms with Gasteiger partial charge in [-0.25, -0.2) is 18.8 Å². The zero-order chi connectivity index (χ0) is 27.9. The van der Waals surface area contributed by atoms with Crippen LogP contribution < -0.4 is 4.74 Å². The Hall–Kier alpha value is -5.04. The number of halogens is 1. The van der Waals surface area contributed by atoms with Crippen LogP contribution in [0.15, 0.2) is 104 Å². The zero-order valence-electron chi connectivity index (χ0n) is 21.2. The number of rotatable bonds is 9. The van der Waals surface area contributed by atoms with Gasteiger partial charge in [0, 0.05) is 17.2 Å². The third kappa shape index (κ3) is 6.84. The molecule has 0 spiro atoms. The molecule has 0 N–H and O–H groups in total. The van der Waals surface area contributed by atoms with Crippen LogP contribution in [0.2, 0.25) is 0 Å². The van der Waals surface area contributed by atoms with E-state index in [2.05, 4.69) is 13.2 Å². The van der Waals surface area contributed by atoms with Gasteiger partial charge in [0.25, 0.3) is 0 Å². The van der Waals surface area contributed by atoms with Gasteiger partial charge in [0.15, 0.2) is 0 Å². The van der Waals surface area contributed by atoms with E-state index >= 15 is 4.39 Å². The van der Waals surface area contributed by atoms with E-state index in [1.807, 2.05) is 30.3 Å². The first-order chi connectivity index (χ1) is 18.7. The molecule has 39 heavy (non-hydrogen) atoms. The Morgan fingerprint density at radius 2 is 1.49 bits per heavy atom. The van der Waals surface area contributed by atoms with Crippen molar-refractivity contribution in [3.63, 3.8) is 0 Å². The third-order valence-corrected chi connectivity index (χ3v) is 5.82. The monoisotopic (exact) mass is 524 g/mol. The smallest absolute Gasteiger partial charge is 0.343 e. The molecule has 0 amide bonds. The molecule has 0 saturated carbocycles. The Kier molecular flexibility index (Phi) is 8.31. The molecular formula is C32H25FO6. The SMILES string of the molecule is C=CC(=O)OCc1ccc2cc(-c3ccc(C(=O)Oc4ccc(COC(=O)C(=C)C)cc4)cc3F)ccc2c1. The molecule has 0 heterocycles. The van der Waals surface area contributed by atoms with Crippen molar-refractivity contribution in [3.8, 4) is 16.9 Å². The Morgan fingerprint density at radius 3 is 2.18 bits per heavy atom. The van der Waals surface area contributed by atoms with Crippen molar-refractivity contribution >= 4 is 28.7 Å². The number of hydrogen-bond acceptors (Lipinski definition) is 6. The van der Waals surface area contributed by atoms with Crippen molar-refractivity contribution < 1.29 is 33.0 Å². The van der Waals surface area contributed by atoms with Gasteiger partial charge in [0.2, 0.25) is 0 Å². The molecule has 0 atom stereocenters. The van der Waals surface area contributed by atoms with E-state index in [1.165, 1.54) is 12.1 Å². The number of ether oxygens (including phenoxy) is 3. The van der Waals surface area contributed by atoms with Crippen molar-refractivity contribution in [2.75, 3.05) is 0 Å². The highest BCUT2D eigenvalue weighted by molar-refractivity contribution is 5.93. The molecule has 7 heteroatoms. The second-order valence-electron chi connectivity index (χ2n) is 8.79. The van der Waals surface area contributed by atoms with Crippen molar-refractivity contribution in [3.05, 3.63) is 126 Å². The van der Waals surface area contributed by atoms with Gasteiger partial charge in [-0.2, -0.15) is 0 Å². The molecule has 4 aromatic carbocycles. The topological polar surface area (TPSA) is 78.9 Å². The molecule has 0 fully saturated rings. The quantitative estimate of drug-likeness (QED) is 0.138. The minimum Gasteiger partial charge on any atom is -0.458 e. The number of benzene rings is 4. The van der Waals surface area contributed by atoms with Crippen LogP contribution in [0.5, 0.6) is 5.75 Å². The molecule has 4 aromatic rings. The lowest BCUT2D eigenvalue weighted by atomic mass is 9.99. The molecule has 6 nitrogen and oxygen atoms in total. The van der Waals surface area contributed by atoms with Crippen LogP contribution in [0, 0.1) is 5.82 Å². The van der Waals surface area contributed by atoms with Crippen molar-refractivity contribution in [1.29, 1.82) is 0 Å². The van der Waals surface area contributed by atoms with Crippen LogP contribution in [0.25, 0.3) is 21.9 Å². The lowest BCUT2D eigenvalue weighted by Gasteiger charge is -2.10. The Morgan fingerprint density at radius 1 is 0.821 bits per heavy atom. The predicted molar refractivity (Wildman–Crippen MR) is 145 cm³/mol. The molecule has 0 aliphatic rings. The molecular weight excluding hydrogens is 499 g/mol. The molecule has 0 aromatic heterocycles. The average molecular weight is 525 g/mol. The summed E-state index contributed by atoms with van der Waals surface area (Å²) >= 11 is 0. The second-order valence-corrected chi connectivity index (χ2v) is 8.79. The van der Waals surface area contributed by atoms with Gasteiger partial charge in [-0.15, -0.1) is 0 Å². The highest BCUT2D eigenvalue weighted by Gasteiger charge is 2.14. The fraction of sp³-hybridized carbons (Fsp3) is 0.0938. The maximum atomic E-state index is 15.1. The van der Waals surface area contributed by atoms with E-state index in [9.17, 15) is 14.4 Å². The van der Waals surface area contributed by atoms with Gasteiger partial charge in [-0.05, 0) is 70.8 Å². The number of carbonyl (C=O) groups excluding carboxylic acids is 3. The highest BCUT2D eigenvalue weighted by Crippen LogP contribution is 2.28. The van der Waals surface area contributed by atoms with Gasteiger partial charge in [0.1, 0.15) is 24.8 Å². The van der Waals surface area contributed by atoms with Gasteiger partial charge in [-0.3, -0.25) is 0 Å². The minimum atomic E-state index is -0.704. The van der Waals surface area contributed by atoms with Crippen LogP contribution in [0.1, 0.15) is 28.4 Å². The summed E-state index contributed by atoms with van der Waals surface area (Å²) in [5.74, 6) is -1.98. The first-order valence-electron chi connectivity index (χ1n) is 12.0. The number of fused-ring (bicyclic) bond motifs is 1. The van der Waals surface area contributed by atoms with E-state index in [0.29, 0.717) is 22.3 Å². The number of carbonyl (C=O) groups is 3. The Bertz CT molecular complexity index is 1590. The zero-order valence-corrected chi connectivity index (χ0v) is 21.2. The molecule has 0 radical (unpaired) electrons. The van der Waals surface area contributed by atoms with Gasteiger partial charge >= 0.3 is 17.9 Å². The van der Waals surface area contributed by atoms with Crippen molar-refractivity contribution in [2.45, 2.75) is 20.1 Å². The van der Waals surface area contributed by atoms with E-state index in [-0.39, 0.29) is 24.5 Å². The average Bonchev–Trinajstić information content (AvgIpc) is 2.94. The van der Waals surface area contributed by atoms with Crippen LogP contribution in [0.3, 0.4) is 0 Å². The van der Waals surface area contributed by atoms with E-state index in [1.54, 1.807) is 37.3 Å². The van der Waals surface area contributed by atoms with E-state index < -0.39 is 23.7 Å². The van der Waals surface area contributed by atoms with Gasteiger partial charge < -0.3 is 14.2 Å². The first-order valence-corrected chi connectivity index (χ1v) is 12.0. The summed E-state index contributed by atoms with van der Waals surface area (Å²) in [6.45, 7) is 8.65. The van der Waals surface area contributed by atoms with Crippen LogP contribution in [-0.2, 0) is 32.3 Å². The molecule has 4 rings (SSSR count). The molecule has 0 saturated heterocycles. The fourth-order valence-corrected chi connectivity index (χ4v) is 3.73. The van der Waals surface area contributed by atoms with Crippen molar-refractivity contribution in [1.82, 2.24) is 0 Å². The number of esters is 3. The standard InChI is InChI=1S/C32H25FO6/c1-4-30(34)37-19-22-5-8-24-16-25(10-9-23(24)15-22)28-14-11-26(17-29(28)33)32(36)39-27-12-6-21(7-13-27)18-38-31(35)20(2)3/h4-17H,1-2,18-19H2,3H3. The second kappa shape index (κ2) is 12.0. The summed E-state index contributed by atoms with van der Waals surface area (Å²) in [5, 5.41) is 1.79. The van der Waals surface area contributed by atoms with E-state index in [0.717, 1.165) is 28.5 Å². The normalized spacial score (nSPS) is 10.5. The summed E-state index contributed by atoms with van der Waals surface area (Å²) in [6, 6.07) is 21.7. The summed E-state index contributed by atoms with van der Waals surface area (Å²) in [7, 11) is 0. The fourth-order valence-electron chi connectivity index (χ4n) is 3.73. The maximum absolute atomic E-state index is 15.1. The molecule has 0 aliphatic heterocycles. The summed E-state index contributed by atoms with van der Waals surface area (Å²) in [6.07, 6.45) is 1.11. The lowest BCUT2D eigenvalue weighted by molar-refractivity contribution is -0.140. The molecule has 196 valence electrons. The Labute approximate surface area is 224 Å². The van der Waals surface area contributed by atoms with Crippen LogP contribution >= 0.6 is 0 Å².